The lowest BCUT2D eigenvalue weighted by Gasteiger charge is -2.15. The number of anilines is 1. The largest absolute Gasteiger partial charge is 0.497 e. The van der Waals surface area contributed by atoms with E-state index in [1.807, 2.05) is 18.4 Å². The van der Waals surface area contributed by atoms with Crippen molar-refractivity contribution in [3.8, 4) is 5.75 Å². The van der Waals surface area contributed by atoms with Crippen LogP contribution in [0.2, 0.25) is 0 Å². The van der Waals surface area contributed by atoms with Crippen molar-refractivity contribution < 1.29 is 14.3 Å². The molecule has 2 aromatic rings. The number of aryl methyl sites for hydroxylation is 1. The number of nitrogens with zero attached hydrogens (tertiary/aromatic N) is 1. The summed E-state index contributed by atoms with van der Waals surface area (Å²) in [6.07, 6.45) is 3.26. The van der Waals surface area contributed by atoms with Crippen molar-refractivity contribution >= 4 is 34.9 Å². The van der Waals surface area contributed by atoms with Crippen molar-refractivity contribution in [3.63, 3.8) is 0 Å². The SMILES string of the molecule is COc1cccc(NC(=O)CN(C)C(=O)/C=C/c2sccc2C)c1. The molecule has 0 fully saturated rings. The van der Waals surface area contributed by atoms with Gasteiger partial charge < -0.3 is 15.0 Å². The molecule has 1 aromatic carbocycles. The number of ether oxygens (including phenoxy) is 1. The molecule has 5 nitrogen and oxygen atoms in total. The fourth-order valence-corrected chi connectivity index (χ4v) is 2.84. The van der Waals surface area contributed by atoms with Crippen LogP contribution in [-0.4, -0.2) is 37.4 Å². The van der Waals surface area contributed by atoms with Gasteiger partial charge in [-0.25, -0.2) is 0 Å². The highest BCUT2D eigenvalue weighted by atomic mass is 32.1. The molecule has 0 radical (unpaired) electrons. The summed E-state index contributed by atoms with van der Waals surface area (Å²) in [5.74, 6) is 0.176. The third-order valence-corrected chi connectivity index (χ3v) is 4.37. The van der Waals surface area contributed by atoms with Crippen LogP contribution < -0.4 is 10.1 Å². The van der Waals surface area contributed by atoms with Gasteiger partial charge in [0.1, 0.15) is 5.75 Å². The van der Waals surface area contributed by atoms with Crippen LogP contribution in [0.25, 0.3) is 6.08 Å². The highest BCUT2D eigenvalue weighted by Gasteiger charge is 2.11. The van der Waals surface area contributed by atoms with E-state index in [9.17, 15) is 9.59 Å². The number of carbonyl (C=O) groups excluding carboxylic acids is 2. The van der Waals surface area contributed by atoms with Gasteiger partial charge in [-0.15, -0.1) is 11.3 Å². The maximum absolute atomic E-state index is 12.1. The summed E-state index contributed by atoms with van der Waals surface area (Å²) < 4.78 is 5.11. The van der Waals surface area contributed by atoms with E-state index >= 15 is 0 Å². The molecule has 2 rings (SSSR count). The van der Waals surface area contributed by atoms with Crippen LogP contribution in [0.4, 0.5) is 5.69 Å². The molecule has 0 aliphatic heterocycles. The molecule has 0 saturated heterocycles. The highest BCUT2D eigenvalue weighted by Crippen LogP contribution is 2.17. The lowest BCUT2D eigenvalue weighted by molar-refractivity contribution is -0.129. The van der Waals surface area contributed by atoms with E-state index in [1.165, 1.54) is 11.0 Å². The molecule has 126 valence electrons. The molecule has 0 bridgehead atoms. The molecule has 0 aliphatic carbocycles. The molecule has 0 aliphatic rings. The van der Waals surface area contributed by atoms with Gasteiger partial charge in [-0.1, -0.05) is 6.07 Å². The number of likely N-dealkylation sites (N-methyl/N-ethyl adjacent to an activating group) is 1. The average molecular weight is 344 g/mol. The van der Waals surface area contributed by atoms with Gasteiger partial charge in [0.05, 0.1) is 13.7 Å². The van der Waals surface area contributed by atoms with Crippen LogP contribution in [0.3, 0.4) is 0 Å². The maximum atomic E-state index is 12.1. The molecule has 0 spiro atoms. The zero-order valence-electron chi connectivity index (χ0n) is 13.9. The Morgan fingerprint density at radius 3 is 2.79 bits per heavy atom. The molecule has 0 atom stereocenters. The van der Waals surface area contributed by atoms with E-state index in [-0.39, 0.29) is 18.4 Å². The molecule has 1 heterocycles. The van der Waals surface area contributed by atoms with E-state index in [1.54, 1.807) is 55.8 Å². The van der Waals surface area contributed by atoms with Gasteiger partial charge in [-0.2, -0.15) is 0 Å². The van der Waals surface area contributed by atoms with E-state index in [0.717, 1.165) is 10.4 Å². The summed E-state index contributed by atoms with van der Waals surface area (Å²) in [6.45, 7) is 1.97. The number of carbonyl (C=O) groups is 2. The zero-order chi connectivity index (χ0) is 17.5. The third-order valence-electron chi connectivity index (χ3n) is 3.39. The Balaban J connectivity index is 1.89. The number of thiophene rings is 1. The first-order chi connectivity index (χ1) is 11.5. The van der Waals surface area contributed by atoms with Crippen molar-refractivity contribution in [1.29, 1.82) is 0 Å². The van der Waals surface area contributed by atoms with Crippen LogP contribution >= 0.6 is 11.3 Å². The topological polar surface area (TPSA) is 58.6 Å². The molecule has 24 heavy (non-hydrogen) atoms. The molecule has 0 unspecified atom stereocenters. The van der Waals surface area contributed by atoms with E-state index < -0.39 is 0 Å². The molecule has 0 saturated carbocycles. The van der Waals surface area contributed by atoms with Crippen LogP contribution in [0.1, 0.15) is 10.4 Å². The molecule has 2 amide bonds. The van der Waals surface area contributed by atoms with Crippen molar-refractivity contribution in [3.05, 3.63) is 52.2 Å². The number of hydrogen-bond donors (Lipinski definition) is 1. The smallest absolute Gasteiger partial charge is 0.246 e. The Morgan fingerprint density at radius 2 is 2.12 bits per heavy atom. The predicted octanol–water partition coefficient (Wildman–Crippen LogP) is 3.18. The van der Waals surface area contributed by atoms with Crippen molar-refractivity contribution in [1.82, 2.24) is 4.90 Å². The molecule has 1 aromatic heterocycles. The van der Waals surface area contributed by atoms with Crippen molar-refractivity contribution in [2.24, 2.45) is 0 Å². The zero-order valence-corrected chi connectivity index (χ0v) is 14.7. The lowest BCUT2D eigenvalue weighted by atomic mass is 10.2. The van der Waals surface area contributed by atoms with Gasteiger partial charge in [0.2, 0.25) is 11.8 Å². The van der Waals surface area contributed by atoms with Crippen LogP contribution in [0.5, 0.6) is 5.75 Å². The van der Waals surface area contributed by atoms with Gasteiger partial charge in [-0.05, 0) is 42.1 Å². The van der Waals surface area contributed by atoms with Crippen molar-refractivity contribution in [2.75, 3.05) is 26.0 Å². The second-order valence-corrected chi connectivity index (χ2v) is 6.22. The minimum absolute atomic E-state index is 0.0240. The number of amides is 2. The number of nitrogens with one attached hydrogen (secondary N) is 1. The van der Waals surface area contributed by atoms with Crippen molar-refractivity contribution in [2.45, 2.75) is 6.92 Å². The summed E-state index contributed by atoms with van der Waals surface area (Å²) in [5.41, 5.74) is 1.76. The van der Waals surface area contributed by atoms with Crippen LogP contribution in [0.15, 0.2) is 41.8 Å². The van der Waals surface area contributed by atoms with Gasteiger partial charge in [0.15, 0.2) is 0 Å². The van der Waals surface area contributed by atoms with E-state index in [0.29, 0.717) is 11.4 Å². The number of rotatable bonds is 6. The number of hydrogen-bond acceptors (Lipinski definition) is 4. The standard InChI is InChI=1S/C18H20N2O3S/c1-13-9-10-24-16(13)7-8-18(22)20(2)12-17(21)19-14-5-4-6-15(11-14)23-3/h4-11H,12H2,1-3H3,(H,19,21)/b8-7+. The first-order valence-electron chi connectivity index (χ1n) is 7.41. The quantitative estimate of drug-likeness (QED) is 0.819. The predicted molar refractivity (Wildman–Crippen MR) is 97.4 cm³/mol. The Morgan fingerprint density at radius 1 is 1.33 bits per heavy atom. The van der Waals surface area contributed by atoms with Crippen LogP contribution in [0, 0.1) is 6.92 Å². The summed E-state index contributed by atoms with van der Waals surface area (Å²) in [6, 6.07) is 9.07. The fraction of sp³-hybridized carbons (Fsp3) is 0.222. The summed E-state index contributed by atoms with van der Waals surface area (Å²) in [7, 11) is 3.16. The normalized spacial score (nSPS) is 10.6. The van der Waals surface area contributed by atoms with Gasteiger partial charge in [0, 0.05) is 29.8 Å². The number of methoxy groups -OCH3 is 1. The van der Waals surface area contributed by atoms with Gasteiger partial charge in [0.25, 0.3) is 0 Å². The lowest BCUT2D eigenvalue weighted by Crippen LogP contribution is -2.33. The van der Waals surface area contributed by atoms with E-state index in [2.05, 4.69) is 5.32 Å². The monoisotopic (exact) mass is 344 g/mol. The van der Waals surface area contributed by atoms with Gasteiger partial charge in [-0.3, -0.25) is 9.59 Å². The Hall–Kier alpha value is -2.60. The molecule has 6 heteroatoms. The molecular weight excluding hydrogens is 324 g/mol. The summed E-state index contributed by atoms with van der Waals surface area (Å²) >= 11 is 1.57. The van der Waals surface area contributed by atoms with Gasteiger partial charge >= 0.3 is 0 Å². The van der Waals surface area contributed by atoms with E-state index in [4.69, 9.17) is 4.74 Å². The first kappa shape index (κ1) is 17.7. The molecule has 1 N–H and O–H groups in total. The van der Waals surface area contributed by atoms with Crippen LogP contribution in [-0.2, 0) is 9.59 Å². The Labute approximate surface area is 145 Å². The Kier molecular flexibility index (Phi) is 6.14. The minimum atomic E-state index is -0.264. The fourth-order valence-electron chi connectivity index (χ4n) is 2.02. The highest BCUT2D eigenvalue weighted by molar-refractivity contribution is 7.11. The maximum Gasteiger partial charge on any atom is 0.246 e. The second kappa shape index (κ2) is 8.31. The Bertz CT molecular complexity index is 752. The number of benzene rings is 1. The third kappa shape index (κ3) is 4.96. The first-order valence-corrected chi connectivity index (χ1v) is 8.28. The molecular formula is C18H20N2O3S. The second-order valence-electron chi connectivity index (χ2n) is 5.28. The average Bonchev–Trinajstić information content (AvgIpc) is 2.97. The minimum Gasteiger partial charge on any atom is -0.497 e. The summed E-state index contributed by atoms with van der Waals surface area (Å²) in [4.78, 5) is 26.5. The summed E-state index contributed by atoms with van der Waals surface area (Å²) in [5, 5.41) is 4.72.